The van der Waals surface area contributed by atoms with Crippen molar-refractivity contribution in [3.8, 4) is 11.3 Å². The molecular formula is C19H11F3N4. The van der Waals surface area contributed by atoms with E-state index in [-0.39, 0.29) is 11.3 Å². The molecule has 4 aromatic rings. The molecule has 0 atom stereocenters. The molecule has 3 aromatic heterocycles. The fourth-order valence-electron chi connectivity index (χ4n) is 2.61. The van der Waals surface area contributed by atoms with Crippen LogP contribution < -0.4 is 5.32 Å². The van der Waals surface area contributed by atoms with Crippen LogP contribution in [0.5, 0.6) is 0 Å². The summed E-state index contributed by atoms with van der Waals surface area (Å²) >= 11 is 0. The second-order valence-corrected chi connectivity index (χ2v) is 5.54. The molecule has 0 radical (unpaired) electrons. The summed E-state index contributed by atoms with van der Waals surface area (Å²) in [5.41, 5.74) is 1.71. The molecule has 26 heavy (non-hydrogen) atoms. The Balaban J connectivity index is 1.91. The van der Waals surface area contributed by atoms with Gasteiger partial charge in [0.1, 0.15) is 5.82 Å². The number of halogens is 3. The lowest BCUT2D eigenvalue weighted by Gasteiger charge is -2.12. The van der Waals surface area contributed by atoms with Gasteiger partial charge in [-0.2, -0.15) is 0 Å². The Morgan fingerprint density at radius 3 is 2.38 bits per heavy atom. The van der Waals surface area contributed by atoms with Crippen molar-refractivity contribution < 1.29 is 13.2 Å². The Morgan fingerprint density at radius 1 is 0.808 bits per heavy atom. The molecule has 0 spiro atoms. The molecule has 0 aliphatic heterocycles. The molecule has 1 aromatic carbocycles. The van der Waals surface area contributed by atoms with E-state index in [2.05, 4.69) is 20.3 Å². The van der Waals surface area contributed by atoms with Gasteiger partial charge in [-0.05, 0) is 36.4 Å². The summed E-state index contributed by atoms with van der Waals surface area (Å²) in [6, 6.07) is 9.95. The predicted octanol–water partition coefficient (Wildman–Crippen LogP) is 4.85. The first-order chi connectivity index (χ1) is 12.6. The van der Waals surface area contributed by atoms with Gasteiger partial charge in [0.05, 0.1) is 11.4 Å². The SMILES string of the molecule is Fc1cc(F)c(-c2cc(Nc3ccncc3)c3cccnc3n2)cc1F. The highest BCUT2D eigenvalue weighted by Crippen LogP contribution is 2.31. The molecule has 0 aliphatic carbocycles. The normalized spacial score (nSPS) is 10.9. The van der Waals surface area contributed by atoms with E-state index in [1.165, 1.54) is 0 Å². The first-order valence-electron chi connectivity index (χ1n) is 7.69. The number of rotatable bonds is 3. The standard InChI is InChI=1S/C19H11F3N4/c20-14-9-16(22)15(21)8-13(14)18-10-17(25-11-3-6-23-7-4-11)12-2-1-5-24-19(12)26-18/h1-10H,(H,23,24,25,26). The van der Waals surface area contributed by atoms with Gasteiger partial charge in [0, 0.05) is 41.3 Å². The quantitative estimate of drug-likeness (QED) is 0.536. The second kappa shape index (κ2) is 6.44. The number of aromatic nitrogens is 3. The lowest BCUT2D eigenvalue weighted by Crippen LogP contribution is -1.98. The highest BCUT2D eigenvalue weighted by atomic mass is 19.2. The van der Waals surface area contributed by atoms with E-state index in [1.54, 1.807) is 42.9 Å². The van der Waals surface area contributed by atoms with Crippen LogP contribution in [0.4, 0.5) is 24.5 Å². The molecule has 7 heteroatoms. The predicted molar refractivity (Wildman–Crippen MR) is 92.4 cm³/mol. The number of nitrogens with zero attached hydrogens (tertiary/aromatic N) is 3. The summed E-state index contributed by atoms with van der Waals surface area (Å²) in [6.45, 7) is 0. The Morgan fingerprint density at radius 2 is 1.58 bits per heavy atom. The lowest BCUT2D eigenvalue weighted by atomic mass is 10.1. The average molecular weight is 352 g/mol. The van der Waals surface area contributed by atoms with Crippen LogP contribution in [-0.4, -0.2) is 15.0 Å². The van der Waals surface area contributed by atoms with Gasteiger partial charge in [-0.3, -0.25) is 4.98 Å². The van der Waals surface area contributed by atoms with Crippen molar-refractivity contribution in [2.45, 2.75) is 0 Å². The minimum Gasteiger partial charge on any atom is -0.355 e. The first-order valence-corrected chi connectivity index (χ1v) is 7.69. The Hall–Kier alpha value is -3.48. The summed E-state index contributed by atoms with van der Waals surface area (Å²) < 4.78 is 41.0. The Kier molecular flexibility index (Phi) is 3.96. The Bertz CT molecular complexity index is 1100. The zero-order valence-electron chi connectivity index (χ0n) is 13.2. The van der Waals surface area contributed by atoms with Gasteiger partial charge in [0.25, 0.3) is 0 Å². The van der Waals surface area contributed by atoms with Crippen LogP contribution in [0.2, 0.25) is 0 Å². The van der Waals surface area contributed by atoms with E-state index < -0.39 is 17.5 Å². The van der Waals surface area contributed by atoms with E-state index in [1.807, 2.05) is 6.07 Å². The van der Waals surface area contributed by atoms with Crippen molar-refractivity contribution in [2.75, 3.05) is 5.32 Å². The number of pyridine rings is 3. The van der Waals surface area contributed by atoms with E-state index in [9.17, 15) is 13.2 Å². The Labute approximate surface area is 146 Å². The number of nitrogens with one attached hydrogen (secondary N) is 1. The maximum absolute atomic E-state index is 14.2. The molecule has 128 valence electrons. The zero-order valence-corrected chi connectivity index (χ0v) is 13.2. The van der Waals surface area contributed by atoms with E-state index in [0.29, 0.717) is 22.8 Å². The van der Waals surface area contributed by atoms with Crippen LogP contribution in [0.1, 0.15) is 0 Å². The van der Waals surface area contributed by atoms with Crippen molar-refractivity contribution in [1.82, 2.24) is 15.0 Å². The average Bonchev–Trinajstić information content (AvgIpc) is 2.65. The zero-order chi connectivity index (χ0) is 18.1. The fraction of sp³-hybridized carbons (Fsp3) is 0. The number of hydrogen-bond acceptors (Lipinski definition) is 4. The minimum absolute atomic E-state index is 0.143. The number of fused-ring (bicyclic) bond motifs is 1. The van der Waals surface area contributed by atoms with Gasteiger partial charge < -0.3 is 5.32 Å². The third-order valence-corrected chi connectivity index (χ3v) is 3.83. The molecule has 0 aliphatic rings. The highest BCUT2D eigenvalue weighted by Gasteiger charge is 2.15. The molecule has 3 heterocycles. The summed E-state index contributed by atoms with van der Waals surface area (Å²) in [5.74, 6) is -3.30. The molecule has 0 saturated heterocycles. The van der Waals surface area contributed by atoms with Gasteiger partial charge in [0.2, 0.25) is 0 Å². The summed E-state index contributed by atoms with van der Waals surface area (Å²) in [7, 11) is 0. The maximum Gasteiger partial charge on any atom is 0.161 e. The van der Waals surface area contributed by atoms with Crippen molar-refractivity contribution in [1.29, 1.82) is 0 Å². The number of benzene rings is 1. The van der Waals surface area contributed by atoms with Gasteiger partial charge >= 0.3 is 0 Å². The maximum atomic E-state index is 14.2. The molecule has 4 nitrogen and oxygen atoms in total. The number of hydrogen-bond donors (Lipinski definition) is 1. The van der Waals surface area contributed by atoms with Crippen LogP contribution in [0.25, 0.3) is 22.3 Å². The minimum atomic E-state index is -1.25. The summed E-state index contributed by atoms with van der Waals surface area (Å²) in [4.78, 5) is 12.4. The van der Waals surface area contributed by atoms with E-state index in [0.717, 1.165) is 11.8 Å². The van der Waals surface area contributed by atoms with Crippen LogP contribution in [0.3, 0.4) is 0 Å². The van der Waals surface area contributed by atoms with E-state index in [4.69, 9.17) is 0 Å². The number of anilines is 2. The topological polar surface area (TPSA) is 50.7 Å². The molecule has 4 rings (SSSR count). The fourth-order valence-corrected chi connectivity index (χ4v) is 2.61. The molecule has 0 fully saturated rings. The van der Waals surface area contributed by atoms with Crippen LogP contribution >= 0.6 is 0 Å². The van der Waals surface area contributed by atoms with Crippen molar-refractivity contribution >= 4 is 22.4 Å². The van der Waals surface area contributed by atoms with E-state index >= 15 is 0 Å². The monoisotopic (exact) mass is 352 g/mol. The second-order valence-electron chi connectivity index (χ2n) is 5.54. The summed E-state index contributed by atoms with van der Waals surface area (Å²) in [6.07, 6.45) is 4.80. The lowest BCUT2D eigenvalue weighted by molar-refractivity contribution is 0.496. The van der Waals surface area contributed by atoms with Crippen molar-refractivity contribution in [3.05, 3.63) is 78.5 Å². The van der Waals surface area contributed by atoms with Gasteiger partial charge in [-0.1, -0.05) is 0 Å². The van der Waals surface area contributed by atoms with Gasteiger partial charge in [-0.25, -0.2) is 23.1 Å². The van der Waals surface area contributed by atoms with Crippen molar-refractivity contribution in [3.63, 3.8) is 0 Å². The van der Waals surface area contributed by atoms with Crippen LogP contribution in [-0.2, 0) is 0 Å². The summed E-state index contributed by atoms with van der Waals surface area (Å²) in [5, 5.41) is 3.90. The highest BCUT2D eigenvalue weighted by molar-refractivity contribution is 5.93. The third-order valence-electron chi connectivity index (χ3n) is 3.83. The molecule has 0 unspecified atom stereocenters. The van der Waals surface area contributed by atoms with Gasteiger partial charge in [0.15, 0.2) is 17.3 Å². The van der Waals surface area contributed by atoms with Gasteiger partial charge in [-0.15, -0.1) is 0 Å². The van der Waals surface area contributed by atoms with Crippen molar-refractivity contribution in [2.24, 2.45) is 0 Å². The molecular weight excluding hydrogens is 341 g/mol. The first kappa shape index (κ1) is 16.0. The molecule has 1 N–H and O–H groups in total. The molecule has 0 saturated carbocycles. The largest absolute Gasteiger partial charge is 0.355 e. The van der Waals surface area contributed by atoms with Crippen LogP contribution in [0.15, 0.2) is 61.1 Å². The molecule has 0 amide bonds. The molecule has 0 bridgehead atoms. The third kappa shape index (κ3) is 2.95. The smallest absolute Gasteiger partial charge is 0.161 e. The van der Waals surface area contributed by atoms with Crippen LogP contribution in [0, 0.1) is 17.5 Å².